The van der Waals surface area contributed by atoms with Gasteiger partial charge < -0.3 is 9.64 Å². The summed E-state index contributed by atoms with van der Waals surface area (Å²) in [6, 6.07) is 5.76. The SMILES string of the molecule is CCCCC(=O)N1CCC(Oc2cccc(C)n2)C1. The molecule has 2 heterocycles. The van der Waals surface area contributed by atoms with Crippen LogP contribution in [-0.2, 0) is 4.79 Å². The van der Waals surface area contributed by atoms with Crippen LogP contribution >= 0.6 is 0 Å². The zero-order valence-corrected chi connectivity index (χ0v) is 11.8. The fourth-order valence-electron chi connectivity index (χ4n) is 2.29. The van der Waals surface area contributed by atoms with Crippen LogP contribution in [0.2, 0.25) is 0 Å². The second-order valence-corrected chi connectivity index (χ2v) is 5.09. The number of carbonyl (C=O) groups is 1. The number of carbonyl (C=O) groups excluding carboxylic acids is 1. The molecule has 0 aromatic carbocycles. The third-order valence-corrected chi connectivity index (χ3v) is 3.39. The number of hydrogen-bond acceptors (Lipinski definition) is 3. The zero-order valence-electron chi connectivity index (χ0n) is 11.8. The van der Waals surface area contributed by atoms with Crippen molar-refractivity contribution < 1.29 is 9.53 Å². The van der Waals surface area contributed by atoms with Crippen molar-refractivity contribution in [2.24, 2.45) is 0 Å². The Morgan fingerprint density at radius 3 is 3.11 bits per heavy atom. The number of pyridine rings is 1. The minimum absolute atomic E-state index is 0.0832. The lowest BCUT2D eigenvalue weighted by molar-refractivity contribution is -0.130. The molecule has 1 aliphatic rings. The topological polar surface area (TPSA) is 42.4 Å². The summed E-state index contributed by atoms with van der Waals surface area (Å²) in [5, 5.41) is 0. The van der Waals surface area contributed by atoms with Gasteiger partial charge in [-0.05, 0) is 19.4 Å². The molecule has 4 heteroatoms. The number of aromatic nitrogens is 1. The van der Waals surface area contributed by atoms with Crippen molar-refractivity contribution in [3.8, 4) is 5.88 Å². The molecule has 1 fully saturated rings. The average molecular weight is 262 g/mol. The minimum Gasteiger partial charge on any atom is -0.472 e. The van der Waals surface area contributed by atoms with Crippen LogP contribution in [-0.4, -0.2) is 35.0 Å². The van der Waals surface area contributed by atoms with Crippen LogP contribution < -0.4 is 4.74 Å². The Morgan fingerprint density at radius 1 is 1.53 bits per heavy atom. The average Bonchev–Trinajstić information content (AvgIpc) is 2.84. The highest BCUT2D eigenvalue weighted by Gasteiger charge is 2.27. The first-order chi connectivity index (χ1) is 9.19. The van der Waals surface area contributed by atoms with Crippen LogP contribution in [0.15, 0.2) is 18.2 Å². The van der Waals surface area contributed by atoms with Crippen LogP contribution in [0.4, 0.5) is 0 Å². The summed E-state index contributed by atoms with van der Waals surface area (Å²) >= 11 is 0. The first-order valence-corrected chi connectivity index (χ1v) is 7.07. The van der Waals surface area contributed by atoms with E-state index < -0.39 is 0 Å². The van der Waals surface area contributed by atoms with Gasteiger partial charge in [0, 0.05) is 31.1 Å². The summed E-state index contributed by atoms with van der Waals surface area (Å²) in [5.41, 5.74) is 0.950. The van der Waals surface area contributed by atoms with Gasteiger partial charge in [0.1, 0.15) is 6.10 Å². The smallest absolute Gasteiger partial charge is 0.222 e. The fraction of sp³-hybridized carbons (Fsp3) is 0.600. The Hall–Kier alpha value is -1.58. The molecule has 0 aliphatic carbocycles. The number of amides is 1. The highest BCUT2D eigenvalue weighted by atomic mass is 16.5. The Morgan fingerprint density at radius 2 is 2.37 bits per heavy atom. The number of nitrogens with zero attached hydrogens (tertiary/aromatic N) is 2. The van der Waals surface area contributed by atoms with Gasteiger partial charge in [-0.1, -0.05) is 19.4 Å². The van der Waals surface area contributed by atoms with Gasteiger partial charge in [0.25, 0.3) is 0 Å². The lowest BCUT2D eigenvalue weighted by Gasteiger charge is -2.17. The molecule has 104 valence electrons. The molecular formula is C15H22N2O2. The third kappa shape index (κ3) is 3.94. The van der Waals surface area contributed by atoms with E-state index in [-0.39, 0.29) is 12.0 Å². The summed E-state index contributed by atoms with van der Waals surface area (Å²) in [5.74, 6) is 0.915. The minimum atomic E-state index is 0.0832. The van der Waals surface area contributed by atoms with Gasteiger partial charge >= 0.3 is 0 Å². The van der Waals surface area contributed by atoms with Crippen LogP contribution in [0, 0.1) is 6.92 Å². The third-order valence-electron chi connectivity index (χ3n) is 3.39. The summed E-state index contributed by atoms with van der Waals surface area (Å²) in [6.45, 7) is 5.55. The van der Waals surface area contributed by atoms with Gasteiger partial charge in [0.2, 0.25) is 11.8 Å². The number of ether oxygens (including phenoxy) is 1. The van der Waals surface area contributed by atoms with E-state index in [1.165, 1.54) is 0 Å². The van der Waals surface area contributed by atoms with Crippen LogP contribution in [0.5, 0.6) is 5.88 Å². The highest BCUT2D eigenvalue weighted by molar-refractivity contribution is 5.76. The molecule has 0 bridgehead atoms. The van der Waals surface area contributed by atoms with Crippen molar-refractivity contribution in [2.75, 3.05) is 13.1 Å². The lowest BCUT2D eigenvalue weighted by atomic mass is 10.2. The summed E-state index contributed by atoms with van der Waals surface area (Å²) < 4.78 is 5.84. The van der Waals surface area contributed by atoms with Crippen LogP contribution in [0.25, 0.3) is 0 Å². The predicted octanol–water partition coefficient (Wildman–Crippen LogP) is 2.56. The Bertz CT molecular complexity index is 434. The number of unbranched alkanes of at least 4 members (excludes halogenated alkanes) is 1. The molecule has 1 amide bonds. The Labute approximate surface area is 114 Å². The van der Waals surface area contributed by atoms with Gasteiger partial charge in [-0.2, -0.15) is 0 Å². The van der Waals surface area contributed by atoms with Gasteiger partial charge in [-0.25, -0.2) is 4.98 Å². The zero-order chi connectivity index (χ0) is 13.7. The highest BCUT2D eigenvalue weighted by Crippen LogP contribution is 2.18. The van der Waals surface area contributed by atoms with Gasteiger partial charge in [-0.15, -0.1) is 0 Å². The fourth-order valence-corrected chi connectivity index (χ4v) is 2.29. The number of likely N-dealkylation sites (tertiary alicyclic amines) is 1. The Kier molecular flexibility index (Phi) is 4.77. The van der Waals surface area contributed by atoms with Gasteiger partial charge in [0.15, 0.2) is 0 Å². The van der Waals surface area contributed by atoms with Gasteiger partial charge in [-0.3, -0.25) is 4.79 Å². The van der Waals surface area contributed by atoms with E-state index in [1.807, 2.05) is 30.0 Å². The maximum atomic E-state index is 11.9. The predicted molar refractivity (Wildman–Crippen MR) is 74.1 cm³/mol. The molecule has 0 spiro atoms. The van der Waals surface area contributed by atoms with Crippen molar-refractivity contribution >= 4 is 5.91 Å². The van der Waals surface area contributed by atoms with Crippen molar-refractivity contribution in [2.45, 2.75) is 45.6 Å². The van der Waals surface area contributed by atoms with E-state index >= 15 is 0 Å². The molecule has 19 heavy (non-hydrogen) atoms. The molecule has 0 saturated carbocycles. The summed E-state index contributed by atoms with van der Waals surface area (Å²) in [7, 11) is 0. The number of rotatable bonds is 5. The van der Waals surface area contributed by atoms with Crippen LogP contribution in [0.3, 0.4) is 0 Å². The Balaban J connectivity index is 1.83. The summed E-state index contributed by atoms with van der Waals surface area (Å²) in [6.07, 6.45) is 3.67. The molecule has 1 atom stereocenters. The molecule has 0 radical (unpaired) electrons. The van der Waals surface area contributed by atoms with E-state index in [1.54, 1.807) is 0 Å². The molecule has 1 saturated heterocycles. The largest absolute Gasteiger partial charge is 0.472 e. The number of aryl methyl sites for hydroxylation is 1. The molecular weight excluding hydrogens is 240 g/mol. The second kappa shape index (κ2) is 6.55. The van der Waals surface area contributed by atoms with E-state index in [2.05, 4.69) is 11.9 Å². The second-order valence-electron chi connectivity index (χ2n) is 5.09. The maximum Gasteiger partial charge on any atom is 0.222 e. The van der Waals surface area contributed by atoms with E-state index in [9.17, 15) is 4.79 Å². The molecule has 2 rings (SSSR count). The molecule has 0 N–H and O–H groups in total. The molecule has 1 aliphatic heterocycles. The molecule has 4 nitrogen and oxygen atoms in total. The van der Waals surface area contributed by atoms with Crippen LogP contribution in [0.1, 0.15) is 38.3 Å². The van der Waals surface area contributed by atoms with Crippen molar-refractivity contribution in [3.63, 3.8) is 0 Å². The van der Waals surface area contributed by atoms with Gasteiger partial charge in [0.05, 0.1) is 6.54 Å². The maximum absolute atomic E-state index is 11.9. The van der Waals surface area contributed by atoms with E-state index in [0.717, 1.165) is 31.5 Å². The molecule has 1 aromatic heterocycles. The first kappa shape index (κ1) is 13.8. The van der Waals surface area contributed by atoms with E-state index in [0.29, 0.717) is 18.8 Å². The van der Waals surface area contributed by atoms with E-state index in [4.69, 9.17) is 4.74 Å². The standard InChI is InChI=1S/C15H22N2O2/c1-3-4-8-15(18)17-10-9-13(11-17)19-14-7-5-6-12(2)16-14/h5-7,13H,3-4,8-11H2,1-2H3. The normalized spacial score (nSPS) is 18.6. The van der Waals surface area contributed by atoms with Crippen molar-refractivity contribution in [1.29, 1.82) is 0 Å². The first-order valence-electron chi connectivity index (χ1n) is 7.07. The summed E-state index contributed by atoms with van der Waals surface area (Å²) in [4.78, 5) is 18.2. The van der Waals surface area contributed by atoms with Crippen molar-refractivity contribution in [1.82, 2.24) is 9.88 Å². The quantitative estimate of drug-likeness (QED) is 0.819. The molecule has 1 aromatic rings. The van der Waals surface area contributed by atoms with Crippen molar-refractivity contribution in [3.05, 3.63) is 23.9 Å². The molecule has 1 unspecified atom stereocenters. The number of hydrogen-bond donors (Lipinski definition) is 0. The lowest BCUT2D eigenvalue weighted by Crippen LogP contribution is -2.30. The monoisotopic (exact) mass is 262 g/mol.